The van der Waals surface area contributed by atoms with Gasteiger partial charge in [-0.2, -0.15) is 0 Å². The lowest BCUT2D eigenvalue weighted by Crippen LogP contribution is -1.97. The zero-order valence-corrected chi connectivity index (χ0v) is 12.4. The Morgan fingerprint density at radius 1 is 1.00 bits per heavy atom. The third kappa shape index (κ3) is 2.65. The van der Waals surface area contributed by atoms with Crippen molar-refractivity contribution in [2.75, 3.05) is 5.32 Å². The lowest BCUT2D eigenvalue weighted by atomic mass is 10.2. The predicted octanol–water partition coefficient (Wildman–Crippen LogP) is 3.68. The summed E-state index contributed by atoms with van der Waals surface area (Å²) in [5.41, 5.74) is 3.89. The third-order valence-corrected chi connectivity index (χ3v) is 3.39. The van der Waals surface area contributed by atoms with Gasteiger partial charge in [-0.15, -0.1) is 0 Å². The monoisotopic (exact) mass is 362 g/mol. The smallest absolute Gasteiger partial charge is 0.131 e. The Kier molecular flexibility index (Phi) is 3.29. The predicted molar refractivity (Wildman–Crippen MR) is 84.5 cm³/mol. The zero-order valence-electron chi connectivity index (χ0n) is 10.3. The van der Waals surface area contributed by atoms with Gasteiger partial charge in [-0.05, 0) is 65.4 Å². The molecular weight excluding hydrogens is 351 g/mol. The van der Waals surface area contributed by atoms with Gasteiger partial charge in [-0.25, -0.2) is 9.97 Å². The Balaban J connectivity index is 1.98. The highest BCUT2D eigenvalue weighted by atomic mass is 127. The van der Waals surface area contributed by atoms with E-state index in [0.717, 1.165) is 31.8 Å². The first-order valence-electron chi connectivity index (χ1n) is 5.83. The number of aromatic nitrogens is 3. The van der Waals surface area contributed by atoms with Crippen LogP contribution in [0.4, 0.5) is 11.5 Å². The van der Waals surface area contributed by atoms with Gasteiger partial charge in [-0.3, -0.25) is 4.98 Å². The molecule has 0 saturated heterocycles. The van der Waals surface area contributed by atoms with Crippen LogP contribution in [-0.4, -0.2) is 15.0 Å². The summed E-state index contributed by atoms with van der Waals surface area (Å²) >= 11 is 2.20. The summed E-state index contributed by atoms with van der Waals surface area (Å²) in [4.78, 5) is 13.1. The first-order chi connectivity index (χ1) is 9.22. The highest BCUT2D eigenvalue weighted by Crippen LogP contribution is 2.20. The van der Waals surface area contributed by atoms with Crippen LogP contribution in [0.15, 0.2) is 42.7 Å². The van der Waals surface area contributed by atoms with Gasteiger partial charge in [0.1, 0.15) is 9.52 Å². The van der Waals surface area contributed by atoms with Crippen molar-refractivity contribution in [1.29, 1.82) is 0 Å². The van der Waals surface area contributed by atoms with Crippen molar-refractivity contribution in [3.63, 3.8) is 0 Å². The summed E-state index contributed by atoms with van der Waals surface area (Å²) in [5, 5.41) is 3.30. The molecule has 0 aliphatic heterocycles. The van der Waals surface area contributed by atoms with E-state index in [2.05, 4.69) is 42.9 Å². The van der Waals surface area contributed by atoms with E-state index in [1.807, 2.05) is 43.5 Å². The molecule has 3 rings (SSSR count). The molecule has 0 aliphatic rings. The van der Waals surface area contributed by atoms with Gasteiger partial charge in [-0.1, -0.05) is 0 Å². The number of pyridine rings is 3. The minimum Gasteiger partial charge on any atom is -0.340 e. The van der Waals surface area contributed by atoms with Gasteiger partial charge < -0.3 is 5.32 Å². The van der Waals surface area contributed by atoms with Crippen LogP contribution in [0.2, 0.25) is 0 Å². The maximum atomic E-state index is 4.56. The van der Waals surface area contributed by atoms with Crippen LogP contribution in [0.3, 0.4) is 0 Å². The fourth-order valence-electron chi connectivity index (χ4n) is 1.81. The van der Waals surface area contributed by atoms with E-state index in [-0.39, 0.29) is 0 Å². The van der Waals surface area contributed by atoms with Gasteiger partial charge in [0.05, 0.1) is 11.0 Å². The minimum atomic E-state index is 0.810. The second-order valence-electron chi connectivity index (χ2n) is 4.18. The van der Waals surface area contributed by atoms with Crippen molar-refractivity contribution in [3.05, 3.63) is 52.0 Å². The minimum absolute atomic E-state index is 0.810. The lowest BCUT2D eigenvalue weighted by Gasteiger charge is -2.08. The number of halogens is 1. The van der Waals surface area contributed by atoms with Gasteiger partial charge in [0, 0.05) is 18.1 Å². The van der Waals surface area contributed by atoms with Crippen LogP contribution >= 0.6 is 22.6 Å². The molecule has 0 saturated carbocycles. The van der Waals surface area contributed by atoms with Crippen molar-refractivity contribution in [2.24, 2.45) is 0 Å². The molecule has 0 fully saturated rings. The van der Waals surface area contributed by atoms with Crippen LogP contribution in [0, 0.1) is 10.6 Å². The number of aryl methyl sites for hydroxylation is 1. The summed E-state index contributed by atoms with van der Waals surface area (Å²) in [7, 11) is 0. The molecule has 94 valence electrons. The van der Waals surface area contributed by atoms with Gasteiger partial charge in [0.25, 0.3) is 0 Å². The number of hydrogen-bond acceptors (Lipinski definition) is 4. The SMILES string of the molecule is Cc1cnccc1Nc1ccc2nc(I)ccc2n1. The molecule has 0 atom stereocenters. The lowest BCUT2D eigenvalue weighted by molar-refractivity contribution is 1.25. The fourth-order valence-corrected chi connectivity index (χ4v) is 2.25. The Bertz CT molecular complexity index is 742. The largest absolute Gasteiger partial charge is 0.340 e. The molecule has 0 radical (unpaired) electrons. The van der Waals surface area contributed by atoms with Crippen molar-refractivity contribution >= 4 is 45.1 Å². The number of rotatable bonds is 2. The molecule has 0 spiro atoms. The van der Waals surface area contributed by atoms with E-state index in [9.17, 15) is 0 Å². The Labute approximate surface area is 124 Å². The molecular formula is C14H11IN4. The summed E-state index contributed by atoms with van der Waals surface area (Å²) in [5.74, 6) is 0.810. The Morgan fingerprint density at radius 3 is 2.63 bits per heavy atom. The molecule has 0 unspecified atom stereocenters. The first kappa shape index (κ1) is 12.3. The van der Waals surface area contributed by atoms with Crippen molar-refractivity contribution in [2.45, 2.75) is 6.92 Å². The van der Waals surface area contributed by atoms with Crippen LogP contribution in [0.25, 0.3) is 11.0 Å². The van der Waals surface area contributed by atoms with Gasteiger partial charge >= 0.3 is 0 Å². The quantitative estimate of drug-likeness (QED) is 0.558. The van der Waals surface area contributed by atoms with Crippen LogP contribution in [-0.2, 0) is 0 Å². The standard InChI is InChI=1S/C14H11IN4/c1-9-8-16-7-6-10(9)18-14-5-3-11-12(19-14)2-4-13(15)17-11/h2-8H,1H3,(H,16,18,19). The average molecular weight is 362 g/mol. The third-order valence-electron chi connectivity index (χ3n) is 2.79. The number of anilines is 2. The number of nitrogens with one attached hydrogen (secondary N) is 1. The molecule has 3 aromatic rings. The van der Waals surface area contributed by atoms with E-state index in [0.29, 0.717) is 0 Å². The fraction of sp³-hybridized carbons (Fsp3) is 0.0714. The topological polar surface area (TPSA) is 50.7 Å². The van der Waals surface area contributed by atoms with Crippen LogP contribution in [0.5, 0.6) is 0 Å². The van der Waals surface area contributed by atoms with E-state index >= 15 is 0 Å². The van der Waals surface area contributed by atoms with Crippen molar-refractivity contribution in [1.82, 2.24) is 15.0 Å². The summed E-state index contributed by atoms with van der Waals surface area (Å²) < 4.78 is 0.970. The zero-order chi connectivity index (χ0) is 13.2. The summed E-state index contributed by atoms with van der Waals surface area (Å²) in [6, 6.07) is 9.79. The first-order valence-corrected chi connectivity index (χ1v) is 6.91. The molecule has 4 nitrogen and oxygen atoms in total. The van der Waals surface area contributed by atoms with Crippen molar-refractivity contribution < 1.29 is 0 Å². The molecule has 3 aromatic heterocycles. The van der Waals surface area contributed by atoms with E-state index in [1.165, 1.54) is 0 Å². The molecule has 3 heterocycles. The highest BCUT2D eigenvalue weighted by molar-refractivity contribution is 14.1. The average Bonchev–Trinajstić information content (AvgIpc) is 2.41. The van der Waals surface area contributed by atoms with Crippen LogP contribution in [0.1, 0.15) is 5.56 Å². The maximum absolute atomic E-state index is 4.56. The number of nitrogens with zero attached hydrogens (tertiary/aromatic N) is 3. The normalized spacial score (nSPS) is 10.6. The summed E-state index contributed by atoms with van der Waals surface area (Å²) in [6.07, 6.45) is 3.59. The second kappa shape index (κ2) is 5.08. The van der Waals surface area contributed by atoms with Crippen LogP contribution < -0.4 is 5.32 Å². The van der Waals surface area contributed by atoms with E-state index < -0.39 is 0 Å². The second-order valence-corrected chi connectivity index (χ2v) is 5.29. The number of hydrogen-bond donors (Lipinski definition) is 1. The highest BCUT2D eigenvalue weighted by Gasteiger charge is 2.02. The Hall–Kier alpha value is -1.76. The molecule has 0 bridgehead atoms. The van der Waals surface area contributed by atoms with E-state index in [4.69, 9.17) is 0 Å². The molecule has 5 heteroatoms. The number of fused-ring (bicyclic) bond motifs is 1. The van der Waals surface area contributed by atoms with Crippen molar-refractivity contribution in [3.8, 4) is 0 Å². The van der Waals surface area contributed by atoms with Gasteiger partial charge in [0.15, 0.2) is 0 Å². The molecule has 19 heavy (non-hydrogen) atoms. The molecule has 1 N–H and O–H groups in total. The molecule has 0 amide bonds. The summed E-state index contributed by atoms with van der Waals surface area (Å²) in [6.45, 7) is 2.01. The van der Waals surface area contributed by atoms with Gasteiger partial charge in [0.2, 0.25) is 0 Å². The molecule has 0 aliphatic carbocycles. The maximum Gasteiger partial charge on any atom is 0.131 e. The molecule has 0 aromatic carbocycles. The van der Waals surface area contributed by atoms with E-state index in [1.54, 1.807) is 6.20 Å². The Morgan fingerprint density at radius 2 is 1.79 bits per heavy atom.